The third-order valence-electron chi connectivity index (χ3n) is 3.71. The maximum atomic E-state index is 12.5. The van der Waals surface area contributed by atoms with Gasteiger partial charge in [-0.1, -0.05) is 31.5 Å². The van der Waals surface area contributed by atoms with E-state index in [-0.39, 0.29) is 22.9 Å². The molecular weight excluding hydrogens is 315 g/mol. The molecule has 122 valence electrons. The smallest absolute Gasteiger partial charge is 0.352 e. The SMILES string of the molecule is C[C@@H]1CCCC[C@@H]1NC(=O)CSc1nccc(C(F)(F)F)n1. The van der Waals surface area contributed by atoms with Crippen LogP contribution in [-0.2, 0) is 11.0 Å². The third-order valence-corrected chi connectivity index (χ3v) is 4.58. The Hall–Kier alpha value is -1.31. The Morgan fingerprint density at radius 1 is 1.41 bits per heavy atom. The minimum absolute atomic E-state index is 0.0184. The molecule has 1 heterocycles. The largest absolute Gasteiger partial charge is 0.433 e. The van der Waals surface area contributed by atoms with Crippen molar-refractivity contribution in [1.82, 2.24) is 15.3 Å². The van der Waals surface area contributed by atoms with Crippen LogP contribution < -0.4 is 5.32 Å². The van der Waals surface area contributed by atoms with Gasteiger partial charge in [0, 0.05) is 12.2 Å². The summed E-state index contributed by atoms with van der Waals surface area (Å²) in [6.07, 6.45) is 0.878. The number of nitrogens with zero attached hydrogens (tertiary/aromatic N) is 2. The second-order valence-corrected chi connectivity index (χ2v) is 6.39. The van der Waals surface area contributed by atoms with Crippen molar-refractivity contribution < 1.29 is 18.0 Å². The molecule has 1 aliphatic rings. The van der Waals surface area contributed by atoms with Gasteiger partial charge in [-0.15, -0.1) is 0 Å². The highest BCUT2D eigenvalue weighted by molar-refractivity contribution is 7.99. The van der Waals surface area contributed by atoms with E-state index in [2.05, 4.69) is 22.2 Å². The summed E-state index contributed by atoms with van der Waals surface area (Å²) in [5.41, 5.74) is -0.994. The molecule has 0 aromatic carbocycles. The number of carbonyl (C=O) groups is 1. The minimum Gasteiger partial charge on any atom is -0.352 e. The van der Waals surface area contributed by atoms with Crippen molar-refractivity contribution in [2.24, 2.45) is 5.92 Å². The summed E-state index contributed by atoms with van der Waals surface area (Å²) in [5, 5.41) is 2.91. The fraction of sp³-hybridized carbons (Fsp3) is 0.643. The molecule has 0 bridgehead atoms. The molecule has 4 nitrogen and oxygen atoms in total. The Labute approximate surface area is 131 Å². The molecule has 1 aliphatic carbocycles. The number of nitrogens with one attached hydrogen (secondary N) is 1. The van der Waals surface area contributed by atoms with Crippen LogP contribution in [0.3, 0.4) is 0 Å². The number of carbonyl (C=O) groups excluding carboxylic acids is 1. The molecule has 1 fully saturated rings. The highest BCUT2D eigenvalue weighted by Crippen LogP contribution is 2.28. The van der Waals surface area contributed by atoms with Gasteiger partial charge >= 0.3 is 6.18 Å². The lowest BCUT2D eigenvalue weighted by molar-refractivity contribution is -0.141. The summed E-state index contributed by atoms with van der Waals surface area (Å²) < 4.78 is 37.6. The summed E-state index contributed by atoms with van der Waals surface area (Å²) in [4.78, 5) is 19.1. The molecule has 1 amide bonds. The second-order valence-electron chi connectivity index (χ2n) is 5.45. The molecular formula is C14H18F3N3OS. The van der Waals surface area contributed by atoms with Gasteiger partial charge in [0.2, 0.25) is 5.91 Å². The second kappa shape index (κ2) is 7.30. The highest BCUT2D eigenvalue weighted by atomic mass is 32.2. The first-order valence-corrected chi connectivity index (χ1v) is 8.17. The van der Waals surface area contributed by atoms with Crippen LogP contribution in [0, 0.1) is 5.92 Å². The molecule has 1 N–H and O–H groups in total. The van der Waals surface area contributed by atoms with Crippen LogP contribution in [0.4, 0.5) is 13.2 Å². The predicted octanol–water partition coefficient (Wildman–Crippen LogP) is 3.28. The summed E-state index contributed by atoms with van der Waals surface area (Å²) in [7, 11) is 0. The van der Waals surface area contributed by atoms with Gasteiger partial charge in [-0.2, -0.15) is 13.2 Å². The monoisotopic (exact) mass is 333 g/mol. The van der Waals surface area contributed by atoms with Gasteiger partial charge in [-0.05, 0) is 24.8 Å². The molecule has 0 aliphatic heterocycles. The summed E-state index contributed by atoms with van der Waals surface area (Å²) >= 11 is 0.914. The van der Waals surface area contributed by atoms with Crippen molar-refractivity contribution in [2.45, 2.75) is 50.0 Å². The van der Waals surface area contributed by atoms with E-state index >= 15 is 0 Å². The fourth-order valence-corrected chi connectivity index (χ4v) is 3.12. The van der Waals surface area contributed by atoms with E-state index in [1.54, 1.807) is 0 Å². The lowest BCUT2D eigenvalue weighted by atomic mass is 9.86. The van der Waals surface area contributed by atoms with Crippen LogP contribution in [0.15, 0.2) is 17.4 Å². The zero-order valence-electron chi connectivity index (χ0n) is 12.2. The number of rotatable bonds is 4. The van der Waals surface area contributed by atoms with Gasteiger partial charge < -0.3 is 5.32 Å². The molecule has 0 unspecified atom stereocenters. The number of halogens is 3. The zero-order chi connectivity index (χ0) is 16.2. The van der Waals surface area contributed by atoms with E-state index in [0.29, 0.717) is 5.92 Å². The van der Waals surface area contributed by atoms with Crippen LogP contribution in [0.2, 0.25) is 0 Å². The van der Waals surface area contributed by atoms with E-state index in [1.807, 2.05) is 0 Å². The molecule has 2 rings (SSSR count). The van der Waals surface area contributed by atoms with E-state index in [0.717, 1.165) is 43.3 Å². The Balaban J connectivity index is 1.86. The number of aromatic nitrogens is 2. The average Bonchev–Trinajstić information content (AvgIpc) is 2.47. The van der Waals surface area contributed by atoms with Crippen LogP contribution in [0.5, 0.6) is 0 Å². The standard InChI is InChI=1S/C14H18F3N3OS/c1-9-4-2-3-5-10(9)19-12(21)8-22-13-18-7-6-11(20-13)14(15,16)17/h6-7,9-10H,2-5,8H2,1H3,(H,19,21)/t9-,10+/m1/s1. The number of hydrogen-bond acceptors (Lipinski definition) is 4. The molecule has 0 spiro atoms. The van der Waals surface area contributed by atoms with Gasteiger partial charge in [0.25, 0.3) is 0 Å². The van der Waals surface area contributed by atoms with E-state index in [4.69, 9.17) is 0 Å². The topological polar surface area (TPSA) is 54.9 Å². The molecule has 1 aromatic heterocycles. The van der Waals surface area contributed by atoms with Crippen LogP contribution in [0.1, 0.15) is 38.3 Å². The van der Waals surface area contributed by atoms with Gasteiger partial charge in [0.15, 0.2) is 5.16 Å². The van der Waals surface area contributed by atoms with E-state index < -0.39 is 11.9 Å². The number of alkyl halides is 3. The molecule has 1 aromatic rings. The summed E-state index contributed by atoms with van der Waals surface area (Å²) in [6, 6.07) is 0.970. The van der Waals surface area contributed by atoms with Crippen molar-refractivity contribution >= 4 is 17.7 Å². The number of hydrogen-bond donors (Lipinski definition) is 1. The van der Waals surface area contributed by atoms with Crippen LogP contribution in [-0.4, -0.2) is 27.7 Å². The number of amides is 1. The first kappa shape index (κ1) is 17.1. The minimum atomic E-state index is -4.50. The van der Waals surface area contributed by atoms with Crippen LogP contribution in [0.25, 0.3) is 0 Å². The van der Waals surface area contributed by atoms with Gasteiger partial charge in [-0.25, -0.2) is 9.97 Å². The number of thioether (sulfide) groups is 1. The fourth-order valence-electron chi connectivity index (χ4n) is 2.48. The first-order chi connectivity index (χ1) is 10.4. The molecule has 2 atom stereocenters. The maximum Gasteiger partial charge on any atom is 0.433 e. The Kier molecular flexibility index (Phi) is 5.66. The quantitative estimate of drug-likeness (QED) is 0.679. The summed E-state index contributed by atoms with van der Waals surface area (Å²) in [5.74, 6) is 0.266. The Bertz CT molecular complexity index is 524. The average molecular weight is 333 g/mol. The molecule has 1 saturated carbocycles. The van der Waals surface area contributed by atoms with Crippen molar-refractivity contribution in [3.05, 3.63) is 18.0 Å². The lowest BCUT2D eigenvalue weighted by Gasteiger charge is -2.29. The lowest BCUT2D eigenvalue weighted by Crippen LogP contribution is -2.41. The molecule has 8 heteroatoms. The third kappa shape index (κ3) is 4.86. The highest BCUT2D eigenvalue weighted by Gasteiger charge is 2.32. The normalized spacial score (nSPS) is 22.4. The van der Waals surface area contributed by atoms with E-state index in [1.165, 1.54) is 6.42 Å². The molecule has 22 heavy (non-hydrogen) atoms. The van der Waals surface area contributed by atoms with Crippen molar-refractivity contribution in [2.75, 3.05) is 5.75 Å². The van der Waals surface area contributed by atoms with E-state index in [9.17, 15) is 18.0 Å². The zero-order valence-corrected chi connectivity index (χ0v) is 13.0. The van der Waals surface area contributed by atoms with Crippen LogP contribution >= 0.6 is 11.8 Å². The van der Waals surface area contributed by atoms with Crippen molar-refractivity contribution in [3.8, 4) is 0 Å². The first-order valence-electron chi connectivity index (χ1n) is 7.18. The van der Waals surface area contributed by atoms with Gasteiger partial charge in [0.1, 0.15) is 5.69 Å². The predicted molar refractivity (Wildman–Crippen MR) is 77.3 cm³/mol. The maximum absolute atomic E-state index is 12.5. The Morgan fingerprint density at radius 2 is 2.14 bits per heavy atom. The van der Waals surface area contributed by atoms with Crippen molar-refractivity contribution in [3.63, 3.8) is 0 Å². The van der Waals surface area contributed by atoms with Gasteiger partial charge in [-0.3, -0.25) is 4.79 Å². The summed E-state index contributed by atoms with van der Waals surface area (Å²) in [6.45, 7) is 2.10. The molecule has 0 radical (unpaired) electrons. The Morgan fingerprint density at radius 3 is 2.82 bits per heavy atom. The molecule has 0 saturated heterocycles. The van der Waals surface area contributed by atoms with Crippen molar-refractivity contribution in [1.29, 1.82) is 0 Å². The van der Waals surface area contributed by atoms with Gasteiger partial charge in [0.05, 0.1) is 5.75 Å².